The molecule has 0 spiro atoms. The van der Waals surface area contributed by atoms with E-state index in [9.17, 15) is 0 Å². The number of imidazole rings is 1. The summed E-state index contributed by atoms with van der Waals surface area (Å²) in [4.78, 5) is 9.24. The van der Waals surface area contributed by atoms with Crippen LogP contribution in [0.3, 0.4) is 0 Å². The van der Waals surface area contributed by atoms with Gasteiger partial charge in [0.05, 0.1) is 47.1 Å². The van der Waals surface area contributed by atoms with Gasteiger partial charge in [0.25, 0.3) is 6.33 Å². The number of hydrogen-bond acceptors (Lipinski definition) is 3. The van der Waals surface area contributed by atoms with Gasteiger partial charge in [0.1, 0.15) is 17.3 Å². The number of fused-ring (bicyclic) bond motifs is 4. The van der Waals surface area contributed by atoms with Crippen molar-refractivity contribution < 1.29 is 23.0 Å². The van der Waals surface area contributed by atoms with E-state index in [0.29, 0.717) is 28.2 Å². The van der Waals surface area contributed by atoms with E-state index in [1.807, 2.05) is 66.9 Å². The molecule has 0 unspecified atom stereocenters. The molecule has 0 N–H and O–H groups in total. The zero-order valence-electron chi connectivity index (χ0n) is 41.2. The monoisotopic (exact) mass is 747 g/mol. The van der Waals surface area contributed by atoms with Crippen LogP contribution >= 0.6 is 0 Å². The van der Waals surface area contributed by atoms with Crippen molar-refractivity contribution in [1.82, 2.24) is 19.1 Å². The number of aromatic nitrogens is 5. The Morgan fingerprint density at radius 1 is 0.649 bits per heavy atom. The highest BCUT2D eigenvalue weighted by atomic mass is 16.5. The van der Waals surface area contributed by atoms with Crippen LogP contribution in [0.2, 0.25) is 0 Å². The first-order valence-corrected chi connectivity index (χ1v) is 18.4. The maximum Gasteiger partial charge on any atom is 0.269 e. The Bertz CT molecular complexity index is 3540. The Labute approximate surface area is 345 Å². The van der Waals surface area contributed by atoms with Gasteiger partial charge in [-0.05, 0) is 87.8 Å². The molecular weight excluding hydrogens is 699 g/mol. The molecule has 0 aliphatic heterocycles. The Kier molecular flexibility index (Phi) is 6.03. The fourth-order valence-corrected chi connectivity index (χ4v) is 7.36. The number of para-hydroxylation sites is 2. The molecule has 57 heavy (non-hydrogen) atoms. The van der Waals surface area contributed by atoms with Crippen LogP contribution in [-0.4, -0.2) is 19.1 Å². The SMILES string of the molecule is [2H]c1c([2H])c([2H])c(-c2cccc(-c3c([2H])c([2H])c([2H])c([2H])c3[2H])c2-[n+]2[c-]n(-c3cccc(Oc4ccc5c6ccccc6n(-c6cc(C(C)(C)C)ccn6)c5c4)c3)c3cnccc32)c([2H])c1[2H]. The maximum absolute atomic E-state index is 8.98. The zero-order valence-corrected chi connectivity index (χ0v) is 31.2. The summed E-state index contributed by atoms with van der Waals surface area (Å²) in [5.74, 6) is 1.87. The van der Waals surface area contributed by atoms with Crippen LogP contribution in [0.1, 0.15) is 40.0 Å². The lowest BCUT2D eigenvalue weighted by molar-refractivity contribution is -0.571. The predicted molar refractivity (Wildman–Crippen MR) is 230 cm³/mol. The van der Waals surface area contributed by atoms with E-state index >= 15 is 0 Å². The van der Waals surface area contributed by atoms with Crippen molar-refractivity contribution >= 4 is 32.8 Å². The molecule has 10 aromatic rings. The third kappa shape index (κ3) is 6.12. The summed E-state index contributed by atoms with van der Waals surface area (Å²) in [7, 11) is 0. The van der Waals surface area contributed by atoms with Crippen LogP contribution in [0.15, 0.2) is 182 Å². The fourth-order valence-electron chi connectivity index (χ4n) is 7.36. The number of benzene rings is 6. The van der Waals surface area contributed by atoms with E-state index in [-0.39, 0.29) is 33.4 Å². The maximum atomic E-state index is 8.98. The van der Waals surface area contributed by atoms with Crippen LogP contribution in [0.5, 0.6) is 11.5 Å². The van der Waals surface area contributed by atoms with Crippen LogP contribution in [-0.2, 0) is 5.41 Å². The molecule has 0 atom stereocenters. The highest BCUT2D eigenvalue weighted by Gasteiger charge is 2.21. The van der Waals surface area contributed by atoms with E-state index in [1.54, 1.807) is 45.8 Å². The van der Waals surface area contributed by atoms with Crippen LogP contribution < -0.4 is 9.30 Å². The lowest BCUT2D eigenvalue weighted by Gasteiger charge is -2.20. The lowest BCUT2D eigenvalue weighted by Crippen LogP contribution is -2.31. The Hall–Kier alpha value is -7.31. The van der Waals surface area contributed by atoms with Crippen molar-refractivity contribution in [3.8, 4) is 50.9 Å². The Morgan fingerprint density at radius 2 is 1.35 bits per heavy atom. The smallest absolute Gasteiger partial charge is 0.269 e. The van der Waals surface area contributed by atoms with Gasteiger partial charge in [-0.3, -0.25) is 18.7 Å². The Morgan fingerprint density at radius 3 is 2.11 bits per heavy atom. The molecule has 10 rings (SSSR count). The molecule has 6 aromatic carbocycles. The van der Waals surface area contributed by atoms with Gasteiger partial charge in [-0.1, -0.05) is 124 Å². The average Bonchev–Trinajstić information content (AvgIpc) is 3.87. The first-order chi connectivity index (χ1) is 32.0. The third-order valence-corrected chi connectivity index (χ3v) is 10.1. The quantitative estimate of drug-likeness (QED) is 0.120. The second-order valence-electron chi connectivity index (χ2n) is 14.6. The van der Waals surface area contributed by atoms with Gasteiger partial charge in [-0.15, -0.1) is 0 Å². The molecule has 0 aliphatic carbocycles. The highest BCUT2D eigenvalue weighted by molar-refractivity contribution is 6.09. The van der Waals surface area contributed by atoms with E-state index in [2.05, 4.69) is 54.8 Å². The molecule has 274 valence electrons. The van der Waals surface area contributed by atoms with Gasteiger partial charge in [-0.25, -0.2) is 4.98 Å². The number of ether oxygens (including phenoxy) is 1. The highest BCUT2D eigenvalue weighted by Crippen LogP contribution is 2.37. The summed E-state index contributed by atoms with van der Waals surface area (Å²) < 4.78 is 98.8. The minimum Gasteiger partial charge on any atom is -0.458 e. The molecule has 0 radical (unpaired) electrons. The summed E-state index contributed by atoms with van der Waals surface area (Å²) >= 11 is 0. The largest absolute Gasteiger partial charge is 0.458 e. The van der Waals surface area contributed by atoms with Crippen LogP contribution in [0.4, 0.5) is 0 Å². The topological polar surface area (TPSA) is 48.8 Å². The van der Waals surface area contributed by atoms with Crippen molar-refractivity contribution in [2.45, 2.75) is 26.2 Å². The fraction of sp³-hybridized carbons (Fsp3) is 0.0784. The van der Waals surface area contributed by atoms with Gasteiger partial charge in [0, 0.05) is 35.4 Å². The average molecular weight is 748 g/mol. The van der Waals surface area contributed by atoms with Gasteiger partial charge in [0.2, 0.25) is 0 Å². The Balaban J connectivity index is 1.15. The molecule has 0 amide bonds. The summed E-state index contributed by atoms with van der Waals surface area (Å²) in [6.07, 6.45) is 8.43. The standard InChI is InChI=1S/C51H39N5O/c1-51(2,3)37-26-29-53-49(30-37)56-45-23-11-10-20-43(45)44-25-24-40(32-47(44)56)57-39-19-12-18-38(31-39)54-34-55(46-27-28-52-33-48(46)54)50-41(35-14-6-4-7-15-35)21-13-22-42(50)36-16-8-5-9-17-36/h4-33H,1-3H3/i4D,5D,6D,7D,8D,9D,14D,15D,16D,17D. The minimum absolute atomic E-state index is 0.0894. The van der Waals surface area contributed by atoms with E-state index < -0.39 is 60.4 Å². The zero-order chi connectivity index (χ0) is 47.2. The second kappa shape index (κ2) is 13.8. The van der Waals surface area contributed by atoms with E-state index in [0.717, 1.165) is 33.2 Å². The molecule has 6 heteroatoms. The summed E-state index contributed by atoms with van der Waals surface area (Å²) in [5.41, 5.74) is 4.78. The van der Waals surface area contributed by atoms with Crippen molar-refractivity contribution in [3.05, 3.63) is 194 Å². The summed E-state index contributed by atoms with van der Waals surface area (Å²) in [6, 6.07) is 26.9. The second-order valence-corrected chi connectivity index (χ2v) is 14.6. The minimum atomic E-state index is -0.573. The van der Waals surface area contributed by atoms with E-state index in [1.165, 1.54) is 0 Å². The normalized spacial score (nSPS) is 14.2. The van der Waals surface area contributed by atoms with Crippen molar-refractivity contribution in [2.24, 2.45) is 0 Å². The number of hydrogen-bond donors (Lipinski definition) is 0. The van der Waals surface area contributed by atoms with Crippen LogP contribution in [0, 0.1) is 6.33 Å². The van der Waals surface area contributed by atoms with E-state index in [4.69, 9.17) is 23.4 Å². The molecule has 6 nitrogen and oxygen atoms in total. The van der Waals surface area contributed by atoms with Crippen LogP contribution in [0.25, 0.3) is 72.3 Å². The lowest BCUT2D eigenvalue weighted by atomic mass is 9.88. The van der Waals surface area contributed by atoms with Gasteiger partial charge >= 0.3 is 0 Å². The summed E-state index contributed by atoms with van der Waals surface area (Å²) in [6.45, 7) is 6.52. The molecule has 4 aromatic heterocycles. The number of pyridine rings is 2. The van der Waals surface area contributed by atoms with Gasteiger partial charge in [-0.2, -0.15) is 0 Å². The van der Waals surface area contributed by atoms with Gasteiger partial charge < -0.3 is 4.74 Å². The third-order valence-electron chi connectivity index (χ3n) is 10.1. The van der Waals surface area contributed by atoms with Crippen molar-refractivity contribution in [3.63, 3.8) is 0 Å². The number of rotatable bonds is 7. The predicted octanol–water partition coefficient (Wildman–Crippen LogP) is 12.0. The first-order valence-electron chi connectivity index (χ1n) is 23.4. The molecular formula is C51H39N5O. The molecule has 0 fully saturated rings. The molecule has 4 heterocycles. The molecule has 0 saturated heterocycles. The summed E-state index contributed by atoms with van der Waals surface area (Å²) in [5, 5.41) is 2.12. The van der Waals surface area contributed by atoms with Gasteiger partial charge in [0.15, 0.2) is 0 Å². The number of nitrogens with zero attached hydrogens (tertiary/aromatic N) is 5. The molecule has 0 saturated carbocycles. The molecule has 0 bridgehead atoms. The molecule has 0 aliphatic rings. The first kappa shape index (κ1) is 25.0. The van der Waals surface area contributed by atoms with Crippen molar-refractivity contribution in [2.75, 3.05) is 0 Å². The van der Waals surface area contributed by atoms with Crippen molar-refractivity contribution in [1.29, 1.82) is 0 Å².